The van der Waals surface area contributed by atoms with Crippen molar-refractivity contribution in [2.24, 2.45) is 11.8 Å². The fourth-order valence-electron chi connectivity index (χ4n) is 5.10. The Kier molecular flexibility index (Phi) is 7.22. The van der Waals surface area contributed by atoms with Crippen molar-refractivity contribution < 1.29 is 5.11 Å². The molecule has 0 aromatic heterocycles. The number of hydrogen-bond acceptors (Lipinski definition) is 3. The van der Waals surface area contributed by atoms with E-state index in [2.05, 4.69) is 37.2 Å². The van der Waals surface area contributed by atoms with E-state index in [1.807, 2.05) is 12.1 Å². The minimum Gasteiger partial charge on any atom is -0.508 e. The lowest BCUT2D eigenvalue weighted by atomic mass is 9.85. The molecule has 2 aliphatic carbocycles. The van der Waals surface area contributed by atoms with Gasteiger partial charge in [-0.2, -0.15) is 0 Å². The van der Waals surface area contributed by atoms with Gasteiger partial charge in [-0.25, -0.2) is 0 Å². The number of hydrogen-bond donors (Lipinski definition) is 2. The summed E-state index contributed by atoms with van der Waals surface area (Å²) in [6, 6.07) is 8.41. The monoisotopic (exact) mass is 372 g/mol. The first-order chi connectivity index (χ1) is 13.0. The molecule has 1 unspecified atom stereocenters. The molecule has 2 aliphatic rings. The van der Waals surface area contributed by atoms with Crippen molar-refractivity contribution in [2.45, 2.75) is 89.8 Å². The average Bonchev–Trinajstić information content (AvgIpc) is 2.68. The van der Waals surface area contributed by atoms with Crippen LogP contribution < -0.4 is 5.32 Å². The zero-order chi connectivity index (χ0) is 19.3. The second-order valence-corrected chi connectivity index (χ2v) is 9.44. The molecule has 3 nitrogen and oxygen atoms in total. The van der Waals surface area contributed by atoms with Gasteiger partial charge in [0.25, 0.3) is 0 Å². The van der Waals surface area contributed by atoms with Crippen LogP contribution in [0.15, 0.2) is 24.3 Å². The molecule has 0 heterocycles. The van der Waals surface area contributed by atoms with Crippen LogP contribution in [-0.4, -0.2) is 29.6 Å². The van der Waals surface area contributed by atoms with E-state index in [0.717, 1.165) is 18.4 Å². The molecular formula is C24H40N2O. The summed E-state index contributed by atoms with van der Waals surface area (Å²) >= 11 is 0. The van der Waals surface area contributed by atoms with E-state index in [1.165, 1.54) is 69.8 Å². The molecule has 152 valence electrons. The van der Waals surface area contributed by atoms with Crippen LogP contribution in [0.25, 0.3) is 0 Å². The van der Waals surface area contributed by atoms with Crippen molar-refractivity contribution >= 4 is 0 Å². The number of nitrogens with zero attached hydrogens (tertiary/aromatic N) is 1. The van der Waals surface area contributed by atoms with E-state index in [4.69, 9.17) is 0 Å². The fourth-order valence-corrected chi connectivity index (χ4v) is 5.10. The maximum Gasteiger partial charge on any atom is 0.115 e. The lowest BCUT2D eigenvalue weighted by Crippen LogP contribution is -2.56. The van der Waals surface area contributed by atoms with E-state index in [1.54, 1.807) is 6.07 Å². The molecule has 2 saturated carbocycles. The lowest BCUT2D eigenvalue weighted by molar-refractivity contribution is 0.0642. The highest BCUT2D eigenvalue weighted by atomic mass is 16.3. The van der Waals surface area contributed by atoms with Gasteiger partial charge in [0, 0.05) is 12.6 Å². The van der Waals surface area contributed by atoms with E-state index in [9.17, 15) is 5.11 Å². The van der Waals surface area contributed by atoms with Gasteiger partial charge >= 0.3 is 0 Å². The van der Waals surface area contributed by atoms with Gasteiger partial charge < -0.3 is 5.11 Å². The van der Waals surface area contributed by atoms with Gasteiger partial charge in [0.2, 0.25) is 0 Å². The molecule has 27 heavy (non-hydrogen) atoms. The van der Waals surface area contributed by atoms with Crippen molar-refractivity contribution in [2.75, 3.05) is 13.6 Å². The highest BCUT2D eigenvalue weighted by Gasteiger charge is 2.35. The van der Waals surface area contributed by atoms with Crippen LogP contribution in [0, 0.1) is 11.8 Å². The van der Waals surface area contributed by atoms with Crippen molar-refractivity contribution in [3.8, 4) is 5.75 Å². The largest absolute Gasteiger partial charge is 0.508 e. The molecule has 1 atom stereocenters. The summed E-state index contributed by atoms with van der Waals surface area (Å²) in [5.74, 6) is 2.11. The van der Waals surface area contributed by atoms with Gasteiger partial charge in [0.15, 0.2) is 0 Å². The Balaban J connectivity index is 1.71. The standard InChI is InChI=1S/C24H40N2O/c1-19-12-14-22(15-13-19)25-24(2,21-10-7-11-23(27)18-21)26(3)17-16-20-8-5-4-6-9-20/h7,10-11,18-20,22,25,27H,4-6,8-9,12-17H2,1-3H3. The summed E-state index contributed by atoms with van der Waals surface area (Å²) < 4.78 is 0. The van der Waals surface area contributed by atoms with Gasteiger partial charge in [0.1, 0.15) is 5.75 Å². The van der Waals surface area contributed by atoms with E-state index < -0.39 is 0 Å². The van der Waals surface area contributed by atoms with Crippen LogP contribution >= 0.6 is 0 Å². The third-order valence-corrected chi connectivity index (χ3v) is 7.27. The number of phenols is 1. The molecule has 0 aliphatic heterocycles. The van der Waals surface area contributed by atoms with Crippen LogP contribution in [0.4, 0.5) is 0 Å². The van der Waals surface area contributed by atoms with E-state index in [-0.39, 0.29) is 5.66 Å². The van der Waals surface area contributed by atoms with Crippen LogP contribution in [0.2, 0.25) is 0 Å². The third-order valence-electron chi connectivity index (χ3n) is 7.27. The Bertz CT molecular complexity index is 575. The van der Waals surface area contributed by atoms with Crippen molar-refractivity contribution in [1.29, 1.82) is 0 Å². The van der Waals surface area contributed by atoms with Crippen LogP contribution in [0.3, 0.4) is 0 Å². The van der Waals surface area contributed by atoms with Crippen molar-refractivity contribution in [3.05, 3.63) is 29.8 Å². The highest BCUT2D eigenvalue weighted by Crippen LogP contribution is 2.33. The van der Waals surface area contributed by atoms with Crippen LogP contribution in [0.1, 0.15) is 83.6 Å². The summed E-state index contributed by atoms with van der Waals surface area (Å²) in [5.41, 5.74) is 0.936. The molecule has 1 aromatic rings. The first-order valence-corrected chi connectivity index (χ1v) is 11.3. The molecule has 0 saturated heterocycles. The minimum atomic E-state index is -0.237. The van der Waals surface area contributed by atoms with E-state index >= 15 is 0 Å². The molecule has 1 aromatic carbocycles. The van der Waals surface area contributed by atoms with Crippen molar-refractivity contribution in [3.63, 3.8) is 0 Å². The normalized spacial score (nSPS) is 26.8. The molecule has 3 heteroatoms. The maximum atomic E-state index is 10.1. The third kappa shape index (κ3) is 5.48. The molecule has 0 spiro atoms. The Morgan fingerprint density at radius 1 is 1.07 bits per heavy atom. The number of aromatic hydroxyl groups is 1. The molecule has 3 rings (SSSR count). The molecular weight excluding hydrogens is 332 g/mol. The number of benzene rings is 1. The van der Waals surface area contributed by atoms with Gasteiger partial charge in [-0.15, -0.1) is 0 Å². The zero-order valence-electron chi connectivity index (χ0n) is 17.7. The van der Waals surface area contributed by atoms with Gasteiger partial charge in [-0.1, -0.05) is 51.2 Å². The summed E-state index contributed by atoms with van der Waals surface area (Å²) in [4.78, 5) is 2.49. The minimum absolute atomic E-state index is 0.237. The molecule has 0 amide bonds. The topological polar surface area (TPSA) is 35.5 Å². The molecule has 0 radical (unpaired) electrons. The van der Waals surface area contributed by atoms with Crippen LogP contribution in [0.5, 0.6) is 5.75 Å². The summed E-state index contributed by atoms with van der Waals surface area (Å²) in [5, 5.41) is 14.1. The molecule has 0 bridgehead atoms. The van der Waals surface area contributed by atoms with Gasteiger partial charge in [-0.3, -0.25) is 10.2 Å². The SMILES string of the molecule is CC1CCC(NC(C)(c2cccc(O)c2)N(C)CCC2CCCCC2)CC1. The average molecular weight is 373 g/mol. The number of nitrogens with one attached hydrogen (secondary N) is 1. The maximum absolute atomic E-state index is 10.1. The first-order valence-electron chi connectivity index (χ1n) is 11.3. The summed E-state index contributed by atoms with van der Waals surface area (Å²) in [6.45, 7) is 5.79. The highest BCUT2D eigenvalue weighted by molar-refractivity contribution is 5.32. The van der Waals surface area contributed by atoms with Gasteiger partial charge in [-0.05, 0) is 75.6 Å². The fraction of sp³-hybridized carbons (Fsp3) is 0.750. The lowest BCUT2D eigenvalue weighted by Gasteiger charge is -2.44. The Labute approximate surface area is 166 Å². The summed E-state index contributed by atoms with van der Waals surface area (Å²) in [7, 11) is 2.26. The Morgan fingerprint density at radius 3 is 2.44 bits per heavy atom. The number of rotatable bonds is 7. The second kappa shape index (κ2) is 9.43. The van der Waals surface area contributed by atoms with E-state index in [0.29, 0.717) is 11.8 Å². The quantitative estimate of drug-likeness (QED) is 0.608. The number of phenolic OH excluding ortho intramolecular Hbond substituents is 1. The smallest absolute Gasteiger partial charge is 0.115 e. The molecule has 2 N–H and O–H groups in total. The summed E-state index contributed by atoms with van der Waals surface area (Å²) in [6.07, 6.45) is 13.5. The predicted octanol–water partition coefficient (Wildman–Crippen LogP) is 5.64. The second-order valence-electron chi connectivity index (χ2n) is 9.44. The van der Waals surface area contributed by atoms with Crippen molar-refractivity contribution in [1.82, 2.24) is 10.2 Å². The predicted molar refractivity (Wildman–Crippen MR) is 114 cm³/mol. The Morgan fingerprint density at radius 2 is 1.78 bits per heavy atom. The Hall–Kier alpha value is -1.06. The first kappa shape index (κ1) is 20.7. The van der Waals surface area contributed by atoms with Crippen LogP contribution in [-0.2, 0) is 5.66 Å². The van der Waals surface area contributed by atoms with Gasteiger partial charge in [0.05, 0.1) is 5.66 Å². The molecule has 2 fully saturated rings. The zero-order valence-corrected chi connectivity index (χ0v) is 17.7.